The van der Waals surface area contributed by atoms with Crippen LogP contribution in [0.1, 0.15) is 39.7 Å². The lowest BCUT2D eigenvalue weighted by Crippen LogP contribution is -2.48. The minimum absolute atomic E-state index is 0.111. The van der Waals surface area contributed by atoms with E-state index >= 15 is 0 Å². The molecule has 5 heteroatoms. The summed E-state index contributed by atoms with van der Waals surface area (Å²) >= 11 is 0. The van der Waals surface area contributed by atoms with Gasteiger partial charge in [-0.05, 0) is 51.8 Å². The molecule has 0 bridgehead atoms. The Hall–Kier alpha value is -1.62. The van der Waals surface area contributed by atoms with Gasteiger partial charge >= 0.3 is 0 Å². The Kier molecular flexibility index (Phi) is 6.15. The predicted molar refractivity (Wildman–Crippen MR) is 81.8 cm³/mol. The van der Waals surface area contributed by atoms with Crippen molar-refractivity contribution in [3.05, 3.63) is 29.6 Å². The first kappa shape index (κ1) is 17.4. The fraction of sp³-hybridized carbons (Fsp3) is 0.562. The number of para-hydroxylation sites is 1. The Balaban J connectivity index is 2.83. The van der Waals surface area contributed by atoms with Crippen molar-refractivity contribution in [2.45, 2.75) is 52.2 Å². The number of carbonyl (C=O) groups excluding carboxylic acids is 1. The topological polar surface area (TPSA) is 64.3 Å². The Morgan fingerprint density at radius 1 is 1.48 bits per heavy atom. The van der Waals surface area contributed by atoms with Gasteiger partial charge in [0.2, 0.25) is 0 Å². The third-order valence-electron chi connectivity index (χ3n) is 3.47. The molecule has 1 unspecified atom stereocenters. The second kappa shape index (κ2) is 7.41. The van der Waals surface area contributed by atoms with Crippen LogP contribution in [0, 0.1) is 5.82 Å². The van der Waals surface area contributed by atoms with Gasteiger partial charge in [0.05, 0.1) is 0 Å². The van der Waals surface area contributed by atoms with Crippen LogP contribution in [0.2, 0.25) is 0 Å². The summed E-state index contributed by atoms with van der Waals surface area (Å²) in [6, 6.07) is 4.68. The molecule has 0 spiro atoms. The molecular weight excluding hydrogens is 271 g/mol. The van der Waals surface area contributed by atoms with Gasteiger partial charge in [-0.1, -0.05) is 19.1 Å². The molecule has 21 heavy (non-hydrogen) atoms. The lowest BCUT2D eigenvalue weighted by Gasteiger charge is -2.27. The molecule has 1 amide bonds. The van der Waals surface area contributed by atoms with E-state index in [-0.39, 0.29) is 17.2 Å². The Bertz CT molecular complexity index is 489. The van der Waals surface area contributed by atoms with Crippen molar-refractivity contribution in [2.24, 2.45) is 5.73 Å². The highest BCUT2D eigenvalue weighted by atomic mass is 19.1. The highest BCUT2D eigenvalue weighted by molar-refractivity contribution is 5.81. The number of hydrogen-bond acceptors (Lipinski definition) is 3. The lowest BCUT2D eigenvalue weighted by molar-refractivity contribution is -0.129. The molecule has 0 heterocycles. The summed E-state index contributed by atoms with van der Waals surface area (Å²) in [5.74, 6) is -0.626. The van der Waals surface area contributed by atoms with Crippen molar-refractivity contribution in [1.29, 1.82) is 0 Å². The SMILES string of the molecule is CCC(C)(C)NC(=O)C(C)Oc1c(F)cccc1CCN. The number of hydrogen-bond donors (Lipinski definition) is 2. The van der Waals surface area contributed by atoms with Gasteiger partial charge in [0, 0.05) is 5.54 Å². The number of nitrogens with two attached hydrogens (primary N) is 1. The molecule has 1 aromatic rings. The van der Waals surface area contributed by atoms with Crippen LogP contribution in [0.25, 0.3) is 0 Å². The van der Waals surface area contributed by atoms with Gasteiger partial charge in [-0.15, -0.1) is 0 Å². The molecule has 4 nitrogen and oxygen atoms in total. The summed E-state index contributed by atoms with van der Waals surface area (Å²) in [4.78, 5) is 12.1. The number of halogens is 1. The molecule has 0 fully saturated rings. The molecule has 1 rings (SSSR count). The second-order valence-corrected chi connectivity index (χ2v) is 5.75. The molecular formula is C16H25FN2O2. The molecule has 0 saturated heterocycles. The van der Waals surface area contributed by atoms with Crippen molar-refractivity contribution in [3.8, 4) is 5.75 Å². The van der Waals surface area contributed by atoms with Crippen molar-refractivity contribution >= 4 is 5.91 Å². The monoisotopic (exact) mass is 296 g/mol. The van der Waals surface area contributed by atoms with Gasteiger partial charge in [0.1, 0.15) is 0 Å². The van der Waals surface area contributed by atoms with E-state index in [9.17, 15) is 9.18 Å². The molecule has 118 valence electrons. The fourth-order valence-electron chi connectivity index (χ4n) is 1.79. The van der Waals surface area contributed by atoms with Crippen LogP contribution >= 0.6 is 0 Å². The maximum Gasteiger partial charge on any atom is 0.261 e. The van der Waals surface area contributed by atoms with E-state index in [2.05, 4.69) is 5.32 Å². The second-order valence-electron chi connectivity index (χ2n) is 5.75. The summed E-state index contributed by atoms with van der Waals surface area (Å²) in [5.41, 5.74) is 5.87. The largest absolute Gasteiger partial charge is 0.478 e. The minimum Gasteiger partial charge on any atom is -0.478 e. The molecule has 0 saturated carbocycles. The Labute approximate surface area is 125 Å². The van der Waals surface area contributed by atoms with Crippen molar-refractivity contribution in [1.82, 2.24) is 5.32 Å². The number of benzene rings is 1. The van der Waals surface area contributed by atoms with Crippen LogP contribution in [-0.4, -0.2) is 24.1 Å². The molecule has 0 aliphatic carbocycles. The van der Waals surface area contributed by atoms with Crippen LogP contribution in [0.15, 0.2) is 18.2 Å². The molecule has 3 N–H and O–H groups in total. The van der Waals surface area contributed by atoms with Crippen LogP contribution in [0.4, 0.5) is 4.39 Å². The standard InChI is InChI=1S/C16H25FN2O2/c1-5-16(3,4)19-15(20)11(2)21-14-12(9-10-18)7-6-8-13(14)17/h6-8,11H,5,9-10,18H2,1-4H3,(H,19,20). The van der Waals surface area contributed by atoms with Crippen molar-refractivity contribution in [3.63, 3.8) is 0 Å². The Morgan fingerprint density at radius 2 is 2.14 bits per heavy atom. The van der Waals surface area contributed by atoms with Gasteiger partial charge in [0.25, 0.3) is 5.91 Å². The third kappa shape index (κ3) is 5.01. The van der Waals surface area contributed by atoms with Gasteiger partial charge in [-0.25, -0.2) is 4.39 Å². The average molecular weight is 296 g/mol. The predicted octanol–water partition coefficient (Wildman–Crippen LogP) is 2.40. The van der Waals surface area contributed by atoms with Crippen LogP contribution < -0.4 is 15.8 Å². The zero-order chi connectivity index (χ0) is 16.0. The van der Waals surface area contributed by atoms with E-state index in [1.807, 2.05) is 20.8 Å². The Morgan fingerprint density at radius 3 is 2.71 bits per heavy atom. The summed E-state index contributed by atoms with van der Waals surface area (Å²) in [6.45, 7) is 7.85. The van der Waals surface area contributed by atoms with E-state index in [1.165, 1.54) is 6.07 Å². The first-order chi connectivity index (χ1) is 9.80. The normalized spacial score (nSPS) is 12.9. The average Bonchev–Trinajstić information content (AvgIpc) is 2.42. The maximum atomic E-state index is 13.9. The number of amides is 1. The zero-order valence-electron chi connectivity index (χ0n) is 13.2. The molecule has 0 aromatic heterocycles. The number of nitrogens with one attached hydrogen (secondary N) is 1. The molecule has 0 aliphatic heterocycles. The summed E-state index contributed by atoms with van der Waals surface area (Å²) in [7, 11) is 0. The van der Waals surface area contributed by atoms with Crippen LogP contribution in [-0.2, 0) is 11.2 Å². The smallest absolute Gasteiger partial charge is 0.261 e. The quantitative estimate of drug-likeness (QED) is 0.812. The first-order valence-electron chi connectivity index (χ1n) is 7.27. The molecule has 1 atom stereocenters. The summed E-state index contributed by atoms with van der Waals surface area (Å²) < 4.78 is 19.4. The van der Waals surface area contributed by atoms with Crippen molar-refractivity contribution in [2.75, 3.05) is 6.54 Å². The summed E-state index contributed by atoms with van der Waals surface area (Å²) in [6.07, 6.45) is 0.523. The van der Waals surface area contributed by atoms with Gasteiger partial charge in [-0.2, -0.15) is 0 Å². The third-order valence-corrected chi connectivity index (χ3v) is 3.47. The van der Waals surface area contributed by atoms with Gasteiger partial charge in [0.15, 0.2) is 17.7 Å². The number of rotatable bonds is 7. The molecule has 0 radical (unpaired) electrons. The fourth-order valence-corrected chi connectivity index (χ4v) is 1.79. The van der Waals surface area contributed by atoms with Crippen LogP contribution in [0.5, 0.6) is 5.75 Å². The number of carbonyl (C=O) groups is 1. The highest BCUT2D eigenvalue weighted by Gasteiger charge is 2.24. The maximum absolute atomic E-state index is 13.9. The first-order valence-corrected chi connectivity index (χ1v) is 7.27. The van der Waals surface area contributed by atoms with E-state index in [0.717, 1.165) is 6.42 Å². The van der Waals surface area contributed by atoms with E-state index < -0.39 is 11.9 Å². The zero-order valence-corrected chi connectivity index (χ0v) is 13.2. The van der Waals surface area contributed by atoms with Gasteiger partial charge < -0.3 is 15.8 Å². The van der Waals surface area contributed by atoms with E-state index in [4.69, 9.17) is 10.5 Å². The molecule has 0 aliphatic rings. The van der Waals surface area contributed by atoms with E-state index in [0.29, 0.717) is 18.5 Å². The minimum atomic E-state index is -0.774. The lowest BCUT2D eigenvalue weighted by atomic mass is 10.0. The summed E-state index contributed by atoms with van der Waals surface area (Å²) in [5, 5.41) is 2.89. The highest BCUT2D eigenvalue weighted by Crippen LogP contribution is 2.24. The van der Waals surface area contributed by atoms with Crippen molar-refractivity contribution < 1.29 is 13.9 Å². The van der Waals surface area contributed by atoms with E-state index in [1.54, 1.807) is 19.1 Å². The van der Waals surface area contributed by atoms with Crippen LogP contribution in [0.3, 0.4) is 0 Å². The molecule has 1 aromatic carbocycles. The number of ether oxygens (including phenoxy) is 1. The van der Waals surface area contributed by atoms with Gasteiger partial charge in [-0.3, -0.25) is 4.79 Å².